The number of nitrogens with zero attached hydrogens (tertiary/aromatic N) is 5. The van der Waals surface area contributed by atoms with E-state index in [4.69, 9.17) is 28.3 Å². The van der Waals surface area contributed by atoms with Crippen LogP contribution in [0.4, 0.5) is 23.0 Å². The van der Waals surface area contributed by atoms with Crippen molar-refractivity contribution >= 4 is 46.2 Å². The van der Waals surface area contributed by atoms with Gasteiger partial charge in [0, 0.05) is 38.4 Å². The normalized spacial score (nSPS) is 15.0. The molecule has 144 valence electrons. The van der Waals surface area contributed by atoms with Crippen LogP contribution in [0.25, 0.3) is 0 Å². The summed E-state index contributed by atoms with van der Waals surface area (Å²) in [6.45, 7) is 3.21. The lowest BCUT2D eigenvalue weighted by Crippen LogP contribution is -2.47. The molecule has 0 amide bonds. The molecule has 2 N–H and O–H groups in total. The molecule has 1 aliphatic heterocycles. The monoisotopic (exact) mass is 412 g/mol. The van der Waals surface area contributed by atoms with Crippen molar-refractivity contribution in [1.29, 1.82) is 0 Å². The van der Waals surface area contributed by atoms with E-state index in [1.807, 2.05) is 4.90 Å². The van der Waals surface area contributed by atoms with Gasteiger partial charge in [0.1, 0.15) is 6.33 Å². The summed E-state index contributed by atoms with van der Waals surface area (Å²) in [4.78, 5) is 23.4. The highest BCUT2D eigenvalue weighted by Crippen LogP contribution is 2.35. The minimum atomic E-state index is -0.491. The number of piperazine rings is 1. The minimum absolute atomic E-state index is 0.0844. The molecule has 9 nitrogen and oxygen atoms in total. The van der Waals surface area contributed by atoms with Crippen LogP contribution < -0.4 is 10.2 Å². The number of benzene rings is 1. The molecule has 1 saturated heterocycles. The van der Waals surface area contributed by atoms with Crippen molar-refractivity contribution < 1.29 is 10.0 Å². The Morgan fingerprint density at radius 2 is 1.93 bits per heavy atom. The molecule has 11 heteroatoms. The Hall–Kier alpha value is -2.20. The Balaban J connectivity index is 1.87. The second-order valence-electron chi connectivity index (χ2n) is 5.96. The Labute approximate surface area is 165 Å². The highest BCUT2D eigenvalue weighted by Gasteiger charge is 2.29. The molecule has 0 atom stereocenters. The van der Waals surface area contributed by atoms with Crippen LogP contribution in [0.5, 0.6) is 0 Å². The first-order valence-corrected chi connectivity index (χ1v) is 9.05. The largest absolute Gasteiger partial charge is 0.395 e. The van der Waals surface area contributed by atoms with Crippen molar-refractivity contribution in [2.45, 2.75) is 0 Å². The van der Waals surface area contributed by atoms with Crippen molar-refractivity contribution in [3.63, 3.8) is 0 Å². The smallest absolute Gasteiger partial charge is 0.353 e. The lowest BCUT2D eigenvalue weighted by Gasteiger charge is -2.34. The summed E-state index contributed by atoms with van der Waals surface area (Å²) in [6.07, 6.45) is 1.29. The van der Waals surface area contributed by atoms with Gasteiger partial charge >= 0.3 is 5.69 Å². The Kier molecular flexibility index (Phi) is 6.27. The molecule has 1 aromatic heterocycles. The zero-order chi connectivity index (χ0) is 19.4. The summed E-state index contributed by atoms with van der Waals surface area (Å²) in [5.41, 5.74) is 0.337. The fraction of sp³-hybridized carbons (Fsp3) is 0.375. The molecule has 27 heavy (non-hydrogen) atoms. The van der Waals surface area contributed by atoms with E-state index < -0.39 is 4.92 Å². The van der Waals surface area contributed by atoms with Gasteiger partial charge in [-0.2, -0.15) is 0 Å². The van der Waals surface area contributed by atoms with E-state index >= 15 is 0 Å². The van der Waals surface area contributed by atoms with E-state index in [0.717, 1.165) is 0 Å². The molecule has 0 bridgehead atoms. The lowest BCUT2D eigenvalue weighted by molar-refractivity contribution is -0.383. The number of aromatic nitrogens is 2. The highest BCUT2D eigenvalue weighted by atomic mass is 35.5. The first kappa shape index (κ1) is 19.6. The van der Waals surface area contributed by atoms with Crippen LogP contribution in [-0.2, 0) is 0 Å². The number of anilines is 3. The summed E-state index contributed by atoms with van der Waals surface area (Å²) < 4.78 is 0. The van der Waals surface area contributed by atoms with E-state index in [2.05, 4.69) is 20.2 Å². The van der Waals surface area contributed by atoms with Crippen LogP contribution in [0, 0.1) is 10.1 Å². The topological polar surface area (TPSA) is 108 Å². The van der Waals surface area contributed by atoms with Gasteiger partial charge in [0.05, 0.1) is 21.6 Å². The second-order valence-corrected chi connectivity index (χ2v) is 6.77. The Morgan fingerprint density at radius 3 is 2.56 bits per heavy atom. The van der Waals surface area contributed by atoms with Crippen molar-refractivity contribution in [3.8, 4) is 0 Å². The van der Waals surface area contributed by atoms with Gasteiger partial charge in [0.15, 0.2) is 0 Å². The highest BCUT2D eigenvalue weighted by molar-refractivity contribution is 6.42. The number of nitrogens with one attached hydrogen (secondary N) is 1. The lowest BCUT2D eigenvalue weighted by atomic mass is 10.2. The maximum Gasteiger partial charge on any atom is 0.353 e. The van der Waals surface area contributed by atoms with E-state index in [9.17, 15) is 10.1 Å². The van der Waals surface area contributed by atoms with Crippen LogP contribution in [0.15, 0.2) is 24.5 Å². The zero-order valence-corrected chi connectivity index (χ0v) is 15.8. The number of hydrogen-bond acceptors (Lipinski definition) is 8. The number of aliphatic hydroxyl groups is 1. The molecular weight excluding hydrogens is 395 g/mol. The number of aliphatic hydroxyl groups excluding tert-OH is 1. The first-order chi connectivity index (χ1) is 13.0. The van der Waals surface area contributed by atoms with Gasteiger partial charge in [-0.25, -0.2) is 9.97 Å². The number of nitro groups is 1. The zero-order valence-electron chi connectivity index (χ0n) is 14.3. The van der Waals surface area contributed by atoms with Crippen molar-refractivity contribution in [3.05, 3.63) is 44.7 Å². The average molecular weight is 413 g/mol. The Morgan fingerprint density at radius 1 is 1.19 bits per heavy atom. The predicted molar refractivity (Wildman–Crippen MR) is 104 cm³/mol. The number of β-amino-alcohol motifs (C(OH)–C–C–N with tert-alkyl or cyclic N) is 1. The molecule has 1 aliphatic rings. The minimum Gasteiger partial charge on any atom is -0.395 e. The third kappa shape index (κ3) is 4.56. The fourth-order valence-corrected chi connectivity index (χ4v) is 3.19. The summed E-state index contributed by atoms with van der Waals surface area (Å²) >= 11 is 11.9. The van der Waals surface area contributed by atoms with E-state index in [0.29, 0.717) is 48.5 Å². The maximum absolute atomic E-state index is 11.7. The molecule has 1 fully saturated rings. The van der Waals surface area contributed by atoms with Crippen LogP contribution in [0.3, 0.4) is 0 Å². The molecule has 0 unspecified atom stereocenters. The van der Waals surface area contributed by atoms with Gasteiger partial charge in [-0.3, -0.25) is 15.0 Å². The van der Waals surface area contributed by atoms with Gasteiger partial charge in [-0.1, -0.05) is 23.2 Å². The van der Waals surface area contributed by atoms with Crippen molar-refractivity contribution in [1.82, 2.24) is 14.9 Å². The summed E-state index contributed by atoms with van der Waals surface area (Å²) in [5, 5.41) is 24.4. The predicted octanol–water partition coefficient (Wildman–Crippen LogP) is 2.55. The van der Waals surface area contributed by atoms with Crippen LogP contribution in [0.1, 0.15) is 0 Å². The SMILES string of the molecule is O=[N+]([O-])c1c(Nc2ccc(Cl)c(Cl)c2)ncnc1N1CCN(CCO)CC1. The third-order valence-electron chi connectivity index (χ3n) is 4.26. The van der Waals surface area contributed by atoms with E-state index in [1.54, 1.807) is 18.2 Å². The van der Waals surface area contributed by atoms with Gasteiger partial charge in [-0.15, -0.1) is 0 Å². The summed E-state index contributed by atoms with van der Waals surface area (Å²) in [7, 11) is 0. The van der Waals surface area contributed by atoms with E-state index in [-0.39, 0.29) is 23.9 Å². The molecule has 3 rings (SSSR count). The number of rotatable bonds is 6. The van der Waals surface area contributed by atoms with Crippen LogP contribution >= 0.6 is 23.2 Å². The maximum atomic E-state index is 11.7. The Bertz CT molecular complexity index is 830. The van der Waals surface area contributed by atoms with Crippen LogP contribution in [-0.4, -0.2) is 64.2 Å². The summed E-state index contributed by atoms with van der Waals surface area (Å²) in [5.74, 6) is 0.349. The van der Waals surface area contributed by atoms with Gasteiger partial charge in [0.25, 0.3) is 0 Å². The molecule has 2 aromatic rings. The number of hydrogen-bond donors (Lipinski definition) is 2. The first-order valence-electron chi connectivity index (χ1n) is 8.29. The molecule has 0 spiro atoms. The van der Waals surface area contributed by atoms with Gasteiger partial charge in [-0.05, 0) is 18.2 Å². The summed E-state index contributed by atoms with van der Waals surface area (Å²) in [6, 6.07) is 4.83. The molecule has 0 radical (unpaired) electrons. The second kappa shape index (κ2) is 8.66. The average Bonchev–Trinajstić information content (AvgIpc) is 2.65. The quantitative estimate of drug-likeness (QED) is 0.550. The molecule has 0 aliphatic carbocycles. The molecular formula is C16H18Cl2N6O3. The van der Waals surface area contributed by atoms with Gasteiger partial charge in [0.2, 0.25) is 11.6 Å². The third-order valence-corrected chi connectivity index (χ3v) is 4.99. The number of halogens is 2. The van der Waals surface area contributed by atoms with Gasteiger partial charge < -0.3 is 15.3 Å². The fourth-order valence-electron chi connectivity index (χ4n) is 2.90. The van der Waals surface area contributed by atoms with Crippen molar-refractivity contribution in [2.75, 3.05) is 49.5 Å². The molecule has 1 aromatic carbocycles. The molecule has 2 heterocycles. The van der Waals surface area contributed by atoms with E-state index in [1.165, 1.54) is 6.33 Å². The molecule has 0 saturated carbocycles. The van der Waals surface area contributed by atoms with Crippen molar-refractivity contribution in [2.24, 2.45) is 0 Å². The standard InChI is InChI=1S/C16H18Cl2N6O3/c17-12-2-1-11(9-13(12)18)21-15-14(24(26)27)16(20-10-19-15)23-5-3-22(4-6-23)7-8-25/h1-2,9-10,25H,3-8H2,(H,19,20,21). The van der Waals surface area contributed by atoms with Crippen LogP contribution in [0.2, 0.25) is 10.0 Å².